The average Bonchev–Trinajstić information content (AvgIpc) is 3.31. The number of benzene rings is 2. The van der Waals surface area contributed by atoms with Gasteiger partial charge >= 0.3 is 6.18 Å². The lowest BCUT2D eigenvalue weighted by Crippen LogP contribution is -2.23. The molecule has 0 bridgehead atoms. The lowest BCUT2D eigenvalue weighted by Gasteiger charge is -2.19. The van der Waals surface area contributed by atoms with Crippen LogP contribution in [0.15, 0.2) is 66.6 Å². The summed E-state index contributed by atoms with van der Waals surface area (Å²) in [5.41, 5.74) is 1.79. The number of nitrogens with zero attached hydrogens (tertiary/aromatic N) is 4. The summed E-state index contributed by atoms with van der Waals surface area (Å²) < 4.78 is 41.1. The fourth-order valence-electron chi connectivity index (χ4n) is 3.50. The molecule has 3 aromatic rings. The number of allylic oxidation sites excluding steroid dienone is 1. The van der Waals surface area contributed by atoms with Gasteiger partial charge in [0.05, 0.1) is 18.6 Å². The molecule has 0 aliphatic carbocycles. The first-order valence-corrected chi connectivity index (χ1v) is 9.01. The molecule has 150 valence electrons. The minimum atomic E-state index is -4.49. The van der Waals surface area contributed by atoms with Crippen LogP contribution in [0.1, 0.15) is 24.7 Å². The summed E-state index contributed by atoms with van der Waals surface area (Å²) in [5.74, 6) is 0.214. The van der Waals surface area contributed by atoms with Gasteiger partial charge in [0, 0.05) is 35.0 Å². The molecule has 0 radical (unpaired) electrons. The highest BCUT2D eigenvalue weighted by atomic mass is 19.4. The number of alkyl halides is 3. The SMILES string of the molecule is [C-]#[N+]c1ccc(-n2ccnc2C2=C(C)N(c3cccc(C(F)(F)F)c3)C(=O)C2)cc1. The van der Waals surface area contributed by atoms with Gasteiger partial charge in [0.2, 0.25) is 5.91 Å². The predicted octanol–water partition coefficient (Wildman–Crippen LogP) is 5.61. The molecule has 30 heavy (non-hydrogen) atoms. The number of carbonyl (C=O) groups excluding carboxylic acids is 1. The maximum Gasteiger partial charge on any atom is 0.416 e. The summed E-state index contributed by atoms with van der Waals surface area (Å²) in [6, 6.07) is 11.6. The van der Waals surface area contributed by atoms with Gasteiger partial charge < -0.3 is 4.57 Å². The molecular formula is C22H15F3N4O. The smallest absolute Gasteiger partial charge is 0.300 e. The van der Waals surface area contributed by atoms with Crippen molar-refractivity contribution in [2.45, 2.75) is 19.5 Å². The van der Waals surface area contributed by atoms with Crippen LogP contribution in [0.5, 0.6) is 0 Å². The molecule has 0 N–H and O–H groups in total. The largest absolute Gasteiger partial charge is 0.416 e. The Bertz CT molecular complexity index is 1200. The number of hydrogen-bond acceptors (Lipinski definition) is 2. The molecule has 5 nitrogen and oxygen atoms in total. The van der Waals surface area contributed by atoms with Gasteiger partial charge in [-0.15, -0.1) is 0 Å². The van der Waals surface area contributed by atoms with Crippen LogP contribution in [0.25, 0.3) is 16.1 Å². The van der Waals surface area contributed by atoms with Crippen molar-refractivity contribution < 1.29 is 18.0 Å². The van der Waals surface area contributed by atoms with Crippen LogP contribution in [0, 0.1) is 6.57 Å². The van der Waals surface area contributed by atoms with Gasteiger partial charge in [-0.3, -0.25) is 9.69 Å². The van der Waals surface area contributed by atoms with Crippen LogP contribution in [0.3, 0.4) is 0 Å². The van der Waals surface area contributed by atoms with E-state index in [9.17, 15) is 18.0 Å². The highest BCUT2D eigenvalue weighted by Crippen LogP contribution is 2.38. The second-order valence-electron chi connectivity index (χ2n) is 6.77. The predicted molar refractivity (Wildman–Crippen MR) is 106 cm³/mol. The number of anilines is 1. The number of halogens is 3. The Kier molecular flexibility index (Phi) is 4.66. The molecule has 2 heterocycles. The molecule has 0 spiro atoms. The van der Waals surface area contributed by atoms with Gasteiger partial charge in [0.15, 0.2) is 5.69 Å². The summed E-state index contributed by atoms with van der Waals surface area (Å²) in [6.07, 6.45) is -1.14. The number of rotatable bonds is 3. The fourth-order valence-corrected chi connectivity index (χ4v) is 3.50. The van der Waals surface area contributed by atoms with Crippen molar-refractivity contribution in [2.24, 2.45) is 0 Å². The van der Waals surface area contributed by atoms with Crippen molar-refractivity contribution in [1.82, 2.24) is 9.55 Å². The van der Waals surface area contributed by atoms with Crippen LogP contribution in [-0.2, 0) is 11.0 Å². The van der Waals surface area contributed by atoms with E-state index in [-0.39, 0.29) is 18.0 Å². The summed E-state index contributed by atoms with van der Waals surface area (Å²) >= 11 is 0. The van der Waals surface area contributed by atoms with E-state index in [1.165, 1.54) is 17.0 Å². The maximum absolute atomic E-state index is 13.1. The second-order valence-corrected chi connectivity index (χ2v) is 6.77. The van der Waals surface area contributed by atoms with Gasteiger partial charge in [-0.1, -0.05) is 18.2 Å². The molecule has 1 aliphatic rings. The number of amides is 1. The van der Waals surface area contributed by atoms with E-state index in [1.54, 1.807) is 48.1 Å². The minimum Gasteiger partial charge on any atom is -0.300 e. The average molecular weight is 408 g/mol. The Labute approximate surface area is 170 Å². The van der Waals surface area contributed by atoms with Crippen LogP contribution >= 0.6 is 0 Å². The Morgan fingerprint density at radius 3 is 2.50 bits per heavy atom. The summed E-state index contributed by atoms with van der Waals surface area (Å²) in [7, 11) is 0. The molecule has 0 unspecified atom stereocenters. The monoisotopic (exact) mass is 408 g/mol. The zero-order chi connectivity index (χ0) is 21.5. The molecule has 1 amide bonds. The summed E-state index contributed by atoms with van der Waals surface area (Å²) in [4.78, 5) is 21.8. The molecule has 2 aromatic carbocycles. The maximum atomic E-state index is 13.1. The third kappa shape index (κ3) is 3.35. The molecule has 1 aliphatic heterocycles. The minimum absolute atomic E-state index is 0.0270. The number of aromatic nitrogens is 2. The number of imidazole rings is 1. The first kappa shape index (κ1) is 19.5. The van der Waals surface area contributed by atoms with Gasteiger partial charge in [-0.2, -0.15) is 13.2 Å². The van der Waals surface area contributed by atoms with E-state index in [4.69, 9.17) is 6.57 Å². The normalized spacial score (nSPS) is 14.4. The molecule has 8 heteroatoms. The third-order valence-electron chi connectivity index (χ3n) is 4.95. The van der Waals surface area contributed by atoms with Crippen LogP contribution < -0.4 is 4.90 Å². The van der Waals surface area contributed by atoms with Crippen LogP contribution in [0.2, 0.25) is 0 Å². The lowest BCUT2D eigenvalue weighted by atomic mass is 10.1. The summed E-state index contributed by atoms with van der Waals surface area (Å²) in [5, 5.41) is 0. The Balaban J connectivity index is 1.75. The second kappa shape index (κ2) is 7.19. The van der Waals surface area contributed by atoms with E-state index in [2.05, 4.69) is 9.83 Å². The Morgan fingerprint density at radius 1 is 1.10 bits per heavy atom. The molecule has 0 atom stereocenters. The Hall–Kier alpha value is -3.86. The van der Waals surface area contributed by atoms with Gasteiger partial charge in [0.1, 0.15) is 5.82 Å². The zero-order valence-corrected chi connectivity index (χ0v) is 15.8. The van der Waals surface area contributed by atoms with Crippen LogP contribution in [-0.4, -0.2) is 15.5 Å². The van der Waals surface area contributed by atoms with Crippen molar-refractivity contribution >= 4 is 22.9 Å². The van der Waals surface area contributed by atoms with E-state index in [1.807, 2.05) is 0 Å². The molecular weight excluding hydrogens is 393 g/mol. The molecule has 4 rings (SSSR count). The van der Waals surface area contributed by atoms with E-state index >= 15 is 0 Å². The topological polar surface area (TPSA) is 42.5 Å². The van der Waals surface area contributed by atoms with Gasteiger partial charge in [-0.25, -0.2) is 9.83 Å². The highest BCUT2D eigenvalue weighted by Gasteiger charge is 2.34. The number of carbonyl (C=O) groups is 1. The first-order valence-electron chi connectivity index (χ1n) is 9.01. The highest BCUT2D eigenvalue weighted by molar-refractivity contribution is 6.08. The quantitative estimate of drug-likeness (QED) is 0.529. The van der Waals surface area contributed by atoms with Crippen molar-refractivity contribution in [1.29, 1.82) is 0 Å². The van der Waals surface area contributed by atoms with E-state index in [0.29, 0.717) is 22.8 Å². The zero-order valence-electron chi connectivity index (χ0n) is 15.8. The van der Waals surface area contributed by atoms with Gasteiger partial charge in [0.25, 0.3) is 0 Å². The summed E-state index contributed by atoms with van der Waals surface area (Å²) in [6.45, 7) is 8.75. The molecule has 0 saturated carbocycles. The van der Waals surface area contributed by atoms with E-state index in [0.717, 1.165) is 17.8 Å². The lowest BCUT2D eigenvalue weighted by molar-refractivity contribution is -0.137. The van der Waals surface area contributed by atoms with Crippen molar-refractivity contribution in [3.8, 4) is 5.69 Å². The third-order valence-corrected chi connectivity index (χ3v) is 4.95. The van der Waals surface area contributed by atoms with Crippen molar-refractivity contribution in [3.05, 3.63) is 89.4 Å². The Morgan fingerprint density at radius 2 is 1.83 bits per heavy atom. The molecule has 0 saturated heterocycles. The molecule has 0 fully saturated rings. The van der Waals surface area contributed by atoms with Crippen molar-refractivity contribution in [3.63, 3.8) is 0 Å². The van der Waals surface area contributed by atoms with Gasteiger partial charge in [-0.05, 0) is 37.3 Å². The fraction of sp³-hybridized carbons (Fsp3) is 0.136. The van der Waals surface area contributed by atoms with E-state index < -0.39 is 11.7 Å². The van der Waals surface area contributed by atoms with Crippen molar-refractivity contribution in [2.75, 3.05) is 4.90 Å². The molecule has 1 aromatic heterocycles. The van der Waals surface area contributed by atoms with Crippen LogP contribution in [0.4, 0.5) is 24.5 Å². The first-order chi connectivity index (χ1) is 14.3. The number of hydrogen-bond donors (Lipinski definition) is 0. The standard InChI is InChI=1S/C22H15F3N4O/c1-14-19(21-27-10-11-28(21)17-8-6-16(26-2)7-9-17)13-20(30)29(14)18-5-3-4-15(12-18)22(23,24)25/h3-12H,13H2,1H3.